The van der Waals surface area contributed by atoms with Crippen LogP contribution >= 0.6 is 27.7 Å². The Labute approximate surface area is 157 Å². The van der Waals surface area contributed by atoms with E-state index in [1.165, 1.54) is 22.3 Å². The number of nitrogens with one attached hydrogen (secondary N) is 1. The fraction of sp³-hybridized carbons (Fsp3) is 0.350. The first-order valence-electron chi connectivity index (χ1n) is 8.18. The van der Waals surface area contributed by atoms with Gasteiger partial charge < -0.3 is 5.32 Å². The SMILES string of the molecule is CC[C@@H](NC(=O)CSCc1ccc(Br)cc1)c1ccc(C)c(C)c1. The number of hydrogen-bond acceptors (Lipinski definition) is 2. The molecule has 0 heterocycles. The van der Waals surface area contributed by atoms with Crippen LogP contribution in [0.25, 0.3) is 0 Å². The van der Waals surface area contributed by atoms with Crippen molar-refractivity contribution in [1.82, 2.24) is 5.32 Å². The first-order chi connectivity index (χ1) is 11.5. The van der Waals surface area contributed by atoms with E-state index in [1.807, 2.05) is 12.1 Å². The largest absolute Gasteiger partial charge is 0.349 e. The number of thioether (sulfide) groups is 1. The second kappa shape index (κ2) is 9.28. The van der Waals surface area contributed by atoms with E-state index < -0.39 is 0 Å². The summed E-state index contributed by atoms with van der Waals surface area (Å²) in [4.78, 5) is 12.2. The standard InChI is InChI=1S/C20H24BrNOS/c1-4-19(17-8-5-14(2)15(3)11-17)22-20(23)13-24-12-16-6-9-18(21)10-7-16/h5-11,19H,4,12-13H2,1-3H3,(H,22,23)/t19-/m1/s1. The lowest BCUT2D eigenvalue weighted by molar-refractivity contribution is -0.119. The average molecular weight is 406 g/mol. The first-order valence-corrected chi connectivity index (χ1v) is 10.1. The van der Waals surface area contributed by atoms with Gasteiger partial charge >= 0.3 is 0 Å². The van der Waals surface area contributed by atoms with Gasteiger partial charge in [-0.05, 0) is 54.7 Å². The fourth-order valence-electron chi connectivity index (χ4n) is 2.48. The van der Waals surface area contributed by atoms with Crippen LogP contribution in [-0.2, 0) is 10.5 Å². The maximum Gasteiger partial charge on any atom is 0.230 e. The molecule has 2 rings (SSSR count). The zero-order chi connectivity index (χ0) is 17.5. The Balaban J connectivity index is 1.85. The average Bonchev–Trinajstić information content (AvgIpc) is 2.57. The lowest BCUT2D eigenvalue weighted by Crippen LogP contribution is -2.29. The fourth-order valence-corrected chi connectivity index (χ4v) is 3.54. The van der Waals surface area contributed by atoms with Crippen molar-refractivity contribution < 1.29 is 4.79 Å². The molecule has 0 saturated heterocycles. The molecule has 0 radical (unpaired) electrons. The van der Waals surface area contributed by atoms with E-state index in [4.69, 9.17) is 0 Å². The molecule has 2 nitrogen and oxygen atoms in total. The number of halogens is 1. The molecule has 0 saturated carbocycles. The third kappa shape index (κ3) is 5.67. The molecule has 24 heavy (non-hydrogen) atoms. The Morgan fingerprint density at radius 3 is 2.46 bits per heavy atom. The lowest BCUT2D eigenvalue weighted by Gasteiger charge is -2.18. The van der Waals surface area contributed by atoms with E-state index in [0.29, 0.717) is 5.75 Å². The Kier molecular flexibility index (Phi) is 7.38. The third-order valence-corrected chi connectivity index (χ3v) is 5.62. The van der Waals surface area contributed by atoms with Crippen LogP contribution in [0.2, 0.25) is 0 Å². The van der Waals surface area contributed by atoms with Gasteiger partial charge in [0.15, 0.2) is 0 Å². The predicted molar refractivity (Wildman–Crippen MR) is 107 cm³/mol. The molecule has 2 aromatic carbocycles. The highest BCUT2D eigenvalue weighted by Gasteiger charge is 2.13. The second-order valence-corrected chi connectivity index (χ2v) is 7.89. The van der Waals surface area contributed by atoms with E-state index in [0.717, 1.165) is 16.6 Å². The van der Waals surface area contributed by atoms with Gasteiger partial charge in [0, 0.05) is 10.2 Å². The van der Waals surface area contributed by atoms with Crippen LogP contribution < -0.4 is 5.32 Å². The maximum atomic E-state index is 12.2. The van der Waals surface area contributed by atoms with Crippen LogP contribution in [0.3, 0.4) is 0 Å². The number of carbonyl (C=O) groups is 1. The molecule has 128 valence electrons. The highest BCUT2D eigenvalue weighted by molar-refractivity contribution is 9.10. The molecule has 0 aliphatic carbocycles. The van der Waals surface area contributed by atoms with E-state index in [9.17, 15) is 4.79 Å². The van der Waals surface area contributed by atoms with Gasteiger partial charge in [-0.3, -0.25) is 4.79 Å². The van der Waals surface area contributed by atoms with Crippen molar-refractivity contribution in [2.45, 2.75) is 39.0 Å². The maximum absolute atomic E-state index is 12.2. The quantitative estimate of drug-likeness (QED) is 0.652. The zero-order valence-electron chi connectivity index (χ0n) is 14.4. The summed E-state index contributed by atoms with van der Waals surface area (Å²) in [6.07, 6.45) is 0.894. The lowest BCUT2D eigenvalue weighted by atomic mass is 9.99. The number of amides is 1. The summed E-state index contributed by atoms with van der Waals surface area (Å²) in [5.41, 5.74) is 4.97. The van der Waals surface area contributed by atoms with Crippen LogP contribution in [0.1, 0.15) is 41.6 Å². The number of aryl methyl sites for hydroxylation is 2. The summed E-state index contributed by atoms with van der Waals surface area (Å²) in [6, 6.07) is 14.7. The highest BCUT2D eigenvalue weighted by atomic mass is 79.9. The monoisotopic (exact) mass is 405 g/mol. The van der Waals surface area contributed by atoms with Crippen LogP contribution in [-0.4, -0.2) is 11.7 Å². The van der Waals surface area contributed by atoms with Gasteiger partial charge in [0.1, 0.15) is 0 Å². The molecule has 0 aliphatic rings. The van der Waals surface area contributed by atoms with Gasteiger partial charge in [0.2, 0.25) is 5.91 Å². The summed E-state index contributed by atoms with van der Waals surface area (Å²) in [5, 5.41) is 3.16. The number of rotatable bonds is 7. The van der Waals surface area contributed by atoms with E-state index in [-0.39, 0.29) is 11.9 Å². The normalized spacial score (nSPS) is 12.0. The molecular weight excluding hydrogens is 382 g/mol. The summed E-state index contributed by atoms with van der Waals surface area (Å²) in [7, 11) is 0. The smallest absolute Gasteiger partial charge is 0.230 e. The minimum absolute atomic E-state index is 0.0880. The van der Waals surface area contributed by atoms with Gasteiger partial charge in [-0.15, -0.1) is 11.8 Å². The van der Waals surface area contributed by atoms with E-state index >= 15 is 0 Å². The van der Waals surface area contributed by atoms with Crippen LogP contribution in [0, 0.1) is 13.8 Å². The van der Waals surface area contributed by atoms with E-state index in [1.54, 1.807) is 11.8 Å². The van der Waals surface area contributed by atoms with Gasteiger partial charge in [0.25, 0.3) is 0 Å². The van der Waals surface area contributed by atoms with Gasteiger partial charge in [0.05, 0.1) is 11.8 Å². The number of benzene rings is 2. The van der Waals surface area contributed by atoms with E-state index in [2.05, 4.69) is 72.3 Å². The summed E-state index contributed by atoms with van der Waals surface area (Å²) >= 11 is 5.08. The van der Waals surface area contributed by atoms with Gasteiger partial charge in [-0.1, -0.05) is 53.2 Å². The molecule has 4 heteroatoms. The molecule has 1 atom stereocenters. The van der Waals surface area contributed by atoms with Gasteiger partial charge in [-0.25, -0.2) is 0 Å². The third-order valence-electron chi connectivity index (χ3n) is 4.09. The minimum atomic E-state index is 0.0880. The summed E-state index contributed by atoms with van der Waals surface area (Å²) < 4.78 is 1.08. The van der Waals surface area contributed by atoms with Crippen molar-refractivity contribution in [3.05, 3.63) is 69.2 Å². The topological polar surface area (TPSA) is 29.1 Å². The molecule has 0 fully saturated rings. The Hall–Kier alpha value is -1.26. The molecule has 0 unspecified atom stereocenters. The van der Waals surface area contributed by atoms with Crippen LogP contribution in [0.4, 0.5) is 0 Å². The van der Waals surface area contributed by atoms with Crippen molar-refractivity contribution in [3.8, 4) is 0 Å². The molecule has 2 aromatic rings. The predicted octanol–water partition coefficient (Wildman–Crippen LogP) is 5.57. The molecule has 0 bridgehead atoms. The Morgan fingerprint density at radius 2 is 1.83 bits per heavy atom. The Bertz CT molecular complexity index is 685. The van der Waals surface area contributed by atoms with Crippen molar-refractivity contribution in [2.75, 3.05) is 5.75 Å². The van der Waals surface area contributed by atoms with Crippen LogP contribution in [0.5, 0.6) is 0 Å². The molecule has 0 aliphatic heterocycles. The van der Waals surface area contributed by atoms with Gasteiger partial charge in [-0.2, -0.15) is 0 Å². The minimum Gasteiger partial charge on any atom is -0.349 e. The molecule has 0 aromatic heterocycles. The van der Waals surface area contributed by atoms with Crippen molar-refractivity contribution in [1.29, 1.82) is 0 Å². The number of hydrogen-bond donors (Lipinski definition) is 1. The summed E-state index contributed by atoms with van der Waals surface area (Å²) in [6.45, 7) is 6.33. The van der Waals surface area contributed by atoms with Crippen molar-refractivity contribution >= 4 is 33.6 Å². The molecule has 1 N–H and O–H groups in total. The van der Waals surface area contributed by atoms with Crippen LogP contribution in [0.15, 0.2) is 46.9 Å². The summed E-state index contributed by atoms with van der Waals surface area (Å²) in [5.74, 6) is 1.43. The highest BCUT2D eigenvalue weighted by Crippen LogP contribution is 2.21. The van der Waals surface area contributed by atoms with Crippen molar-refractivity contribution in [3.63, 3.8) is 0 Å². The second-order valence-electron chi connectivity index (χ2n) is 5.99. The molecule has 0 spiro atoms. The Morgan fingerprint density at radius 1 is 1.12 bits per heavy atom. The van der Waals surface area contributed by atoms with Crippen molar-refractivity contribution in [2.24, 2.45) is 0 Å². The first kappa shape index (κ1) is 19.1. The molecular formula is C20H24BrNOS. The molecule has 1 amide bonds. The zero-order valence-corrected chi connectivity index (χ0v) is 16.8. The number of carbonyl (C=O) groups excluding carboxylic acids is 1.